The number of halogens is 3. The van der Waals surface area contributed by atoms with Crippen LogP contribution in [0.1, 0.15) is 0 Å². The summed E-state index contributed by atoms with van der Waals surface area (Å²) >= 11 is 11.3. The van der Waals surface area contributed by atoms with Gasteiger partial charge < -0.3 is 0 Å². The molecule has 0 aliphatic rings. The molecule has 3 heteroatoms. The smallest absolute Gasteiger partial charge is 0.0472 e. The Bertz CT molecular complexity index is 1230. The van der Waals surface area contributed by atoms with Gasteiger partial charge in [0.25, 0.3) is 0 Å². The van der Waals surface area contributed by atoms with Gasteiger partial charge in [-0.3, -0.25) is 0 Å². The molecular weight excluding hydrogens is 480 g/mol. The number of rotatable bonds is 0. The zero-order chi connectivity index (χ0) is 15.7. The van der Waals surface area contributed by atoms with Crippen LogP contribution < -0.4 is 0 Å². The molecule has 0 atom stereocenters. The Morgan fingerprint density at radius 1 is 0.435 bits per heavy atom. The van der Waals surface area contributed by atoms with Gasteiger partial charge in [0.1, 0.15) is 0 Å². The molecule has 5 rings (SSSR count). The van der Waals surface area contributed by atoms with Crippen molar-refractivity contribution in [3.63, 3.8) is 0 Å². The molecule has 0 amide bonds. The molecule has 23 heavy (non-hydrogen) atoms. The van der Waals surface area contributed by atoms with Crippen LogP contribution in [0.25, 0.3) is 43.1 Å². The average molecular weight is 489 g/mol. The van der Waals surface area contributed by atoms with E-state index in [-0.39, 0.29) is 0 Å². The predicted molar refractivity (Wildman–Crippen MR) is 111 cm³/mol. The molecule has 5 aromatic rings. The highest BCUT2D eigenvalue weighted by Crippen LogP contribution is 2.48. The molecule has 0 radical (unpaired) electrons. The minimum atomic E-state index is 1.06. The minimum absolute atomic E-state index is 1.06. The van der Waals surface area contributed by atoms with Gasteiger partial charge in [0, 0.05) is 18.8 Å². The third kappa shape index (κ3) is 1.76. The lowest BCUT2D eigenvalue weighted by atomic mass is 9.90. The molecule has 0 heterocycles. The van der Waals surface area contributed by atoms with Gasteiger partial charge in [-0.05, 0) is 85.5 Å². The van der Waals surface area contributed by atoms with Crippen molar-refractivity contribution in [3.8, 4) is 0 Å². The standard InChI is InChI=1S/C20H9Br3/c21-18-14-9-3-7-12-11-6-1-4-10-5-2-8-13(15(10)11)17(16(12)14)19(22)20(18)23/h1-9H. The molecule has 0 nitrogen and oxygen atoms in total. The second-order valence-electron chi connectivity index (χ2n) is 5.75. The quantitative estimate of drug-likeness (QED) is 0.117. The maximum atomic E-state index is 3.82. The number of hydrogen-bond donors (Lipinski definition) is 0. The van der Waals surface area contributed by atoms with E-state index in [1.54, 1.807) is 0 Å². The van der Waals surface area contributed by atoms with Gasteiger partial charge in [0.15, 0.2) is 0 Å². The Morgan fingerprint density at radius 2 is 1.00 bits per heavy atom. The highest BCUT2D eigenvalue weighted by atomic mass is 79.9. The third-order valence-electron chi connectivity index (χ3n) is 4.62. The summed E-state index contributed by atoms with van der Waals surface area (Å²) in [6.07, 6.45) is 0. The normalized spacial score (nSPS) is 12.1. The van der Waals surface area contributed by atoms with Crippen molar-refractivity contribution in [3.05, 3.63) is 68.0 Å². The van der Waals surface area contributed by atoms with Crippen molar-refractivity contribution >= 4 is 90.9 Å². The van der Waals surface area contributed by atoms with Crippen molar-refractivity contribution in [2.24, 2.45) is 0 Å². The van der Waals surface area contributed by atoms with Crippen molar-refractivity contribution in [1.29, 1.82) is 0 Å². The Kier molecular flexibility index (Phi) is 3.04. The number of benzene rings is 5. The Balaban J connectivity index is 2.32. The Hall–Kier alpha value is -1.16. The molecule has 5 aromatic carbocycles. The molecule has 0 unspecified atom stereocenters. The Morgan fingerprint density at radius 3 is 1.74 bits per heavy atom. The first kappa shape index (κ1) is 14.2. The van der Waals surface area contributed by atoms with Crippen LogP contribution in [0.3, 0.4) is 0 Å². The molecule has 0 N–H and O–H groups in total. The summed E-state index contributed by atoms with van der Waals surface area (Å²) in [5.74, 6) is 0. The maximum Gasteiger partial charge on any atom is 0.0472 e. The summed E-state index contributed by atoms with van der Waals surface area (Å²) in [6, 6.07) is 19.7. The fraction of sp³-hybridized carbons (Fsp3) is 0. The van der Waals surface area contributed by atoms with Crippen LogP contribution in [-0.2, 0) is 0 Å². The maximum absolute atomic E-state index is 3.82. The summed E-state index contributed by atoms with van der Waals surface area (Å²) in [5, 5.41) is 10.4. The first-order valence-electron chi connectivity index (χ1n) is 7.30. The molecule has 0 fully saturated rings. The van der Waals surface area contributed by atoms with Gasteiger partial charge in [-0.2, -0.15) is 0 Å². The summed E-state index contributed by atoms with van der Waals surface area (Å²) in [6.45, 7) is 0. The lowest BCUT2D eigenvalue weighted by Gasteiger charge is -2.17. The molecule has 110 valence electrons. The van der Waals surface area contributed by atoms with E-state index in [4.69, 9.17) is 0 Å². The molecule has 0 bridgehead atoms. The van der Waals surface area contributed by atoms with Gasteiger partial charge in [-0.25, -0.2) is 0 Å². The van der Waals surface area contributed by atoms with Crippen LogP contribution in [0.2, 0.25) is 0 Å². The van der Waals surface area contributed by atoms with E-state index in [0.717, 1.165) is 13.4 Å². The first-order chi connectivity index (χ1) is 11.2. The molecule has 0 saturated carbocycles. The number of fused-ring (bicyclic) bond motifs is 2. The Labute approximate surface area is 158 Å². The van der Waals surface area contributed by atoms with E-state index in [2.05, 4.69) is 102 Å². The number of hydrogen-bond acceptors (Lipinski definition) is 0. The van der Waals surface area contributed by atoms with Gasteiger partial charge in [0.2, 0.25) is 0 Å². The highest BCUT2D eigenvalue weighted by molar-refractivity contribution is 9.14. The van der Waals surface area contributed by atoms with E-state index >= 15 is 0 Å². The summed E-state index contributed by atoms with van der Waals surface area (Å²) in [4.78, 5) is 0. The van der Waals surface area contributed by atoms with E-state index in [1.807, 2.05) is 0 Å². The minimum Gasteiger partial charge on any atom is -0.0610 e. The molecule has 0 aliphatic carbocycles. The van der Waals surface area contributed by atoms with E-state index < -0.39 is 0 Å². The van der Waals surface area contributed by atoms with Gasteiger partial charge in [-0.1, -0.05) is 54.6 Å². The van der Waals surface area contributed by atoms with Crippen molar-refractivity contribution in [1.82, 2.24) is 0 Å². The van der Waals surface area contributed by atoms with Crippen LogP contribution in [0.4, 0.5) is 0 Å². The van der Waals surface area contributed by atoms with Crippen LogP contribution in [0.5, 0.6) is 0 Å². The SMILES string of the molecule is Brc1c(Br)c2cccc3c4cccc5cccc(c(c1Br)c23)c54. The molecule has 0 aromatic heterocycles. The zero-order valence-electron chi connectivity index (χ0n) is 11.8. The third-order valence-corrected chi connectivity index (χ3v) is 8.09. The lowest BCUT2D eigenvalue weighted by molar-refractivity contribution is 1.65. The van der Waals surface area contributed by atoms with Gasteiger partial charge >= 0.3 is 0 Å². The fourth-order valence-electron chi connectivity index (χ4n) is 3.69. The second-order valence-corrected chi connectivity index (χ2v) is 8.13. The molecule has 0 saturated heterocycles. The largest absolute Gasteiger partial charge is 0.0610 e. The van der Waals surface area contributed by atoms with E-state index in [9.17, 15) is 0 Å². The topological polar surface area (TPSA) is 0 Å². The molecule has 0 spiro atoms. The van der Waals surface area contributed by atoms with Crippen molar-refractivity contribution in [2.45, 2.75) is 0 Å². The molecular formula is C20H9Br3. The summed E-state index contributed by atoms with van der Waals surface area (Å²) in [7, 11) is 0. The van der Waals surface area contributed by atoms with Crippen LogP contribution in [0.15, 0.2) is 68.0 Å². The average Bonchev–Trinajstić information content (AvgIpc) is 2.59. The van der Waals surface area contributed by atoms with Crippen LogP contribution in [-0.4, -0.2) is 0 Å². The van der Waals surface area contributed by atoms with E-state index in [0.29, 0.717) is 0 Å². The van der Waals surface area contributed by atoms with Gasteiger partial charge in [0.05, 0.1) is 0 Å². The first-order valence-corrected chi connectivity index (χ1v) is 9.68. The molecule has 0 aliphatic heterocycles. The fourth-order valence-corrected chi connectivity index (χ4v) is 5.51. The van der Waals surface area contributed by atoms with Crippen LogP contribution >= 0.6 is 47.8 Å². The lowest BCUT2D eigenvalue weighted by Crippen LogP contribution is -1.89. The summed E-state index contributed by atoms with van der Waals surface area (Å²) < 4.78 is 3.26. The highest BCUT2D eigenvalue weighted by Gasteiger charge is 2.18. The van der Waals surface area contributed by atoms with Crippen molar-refractivity contribution < 1.29 is 0 Å². The monoisotopic (exact) mass is 486 g/mol. The van der Waals surface area contributed by atoms with Crippen LogP contribution in [0, 0.1) is 0 Å². The van der Waals surface area contributed by atoms with Gasteiger partial charge in [-0.15, -0.1) is 0 Å². The summed E-state index contributed by atoms with van der Waals surface area (Å²) in [5.41, 5.74) is 0. The predicted octanol–water partition coefficient (Wildman–Crippen LogP) is 8.02. The van der Waals surface area contributed by atoms with Crippen molar-refractivity contribution in [2.75, 3.05) is 0 Å². The second kappa shape index (κ2) is 4.92. The van der Waals surface area contributed by atoms with E-state index in [1.165, 1.54) is 43.1 Å². The zero-order valence-corrected chi connectivity index (χ0v) is 16.6.